The highest BCUT2D eigenvalue weighted by Crippen LogP contribution is 2.10. The van der Waals surface area contributed by atoms with Crippen molar-refractivity contribution in [2.24, 2.45) is 0 Å². The lowest BCUT2D eigenvalue weighted by Crippen LogP contribution is -2.22. The van der Waals surface area contributed by atoms with Gasteiger partial charge in [-0.05, 0) is 26.8 Å². The third-order valence-corrected chi connectivity index (χ3v) is 1.97. The Kier molecular flexibility index (Phi) is 3.38. The molecule has 1 aliphatic rings. The van der Waals surface area contributed by atoms with Gasteiger partial charge in [0.05, 0.1) is 11.4 Å². The molecule has 0 amide bonds. The normalized spacial score (nSPS) is 23.2. The fourth-order valence-electron chi connectivity index (χ4n) is 1.09. The zero-order valence-corrected chi connectivity index (χ0v) is 8.39. The van der Waals surface area contributed by atoms with E-state index in [9.17, 15) is 0 Å². The molecule has 13 heavy (non-hydrogen) atoms. The molecule has 0 aromatic carbocycles. The zero-order chi connectivity index (χ0) is 9.68. The first-order valence-corrected chi connectivity index (χ1v) is 4.47. The second-order valence-electron chi connectivity index (χ2n) is 2.92. The molecule has 0 fully saturated rings. The Morgan fingerprint density at radius 1 is 1.15 bits per heavy atom. The van der Waals surface area contributed by atoms with Gasteiger partial charge in [0.1, 0.15) is 0 Å². The van der Waals surface area contributed by atoms with Crippen LogP contribution < -0.4 is 10.6 Å². The molecule has 70 valence electrons. The standard InChI is InChI=1S/C11H16N2/c1-4-9(3)8-11-10(5-2)12-6-7-13-11/h4-8,12-13H,1-3H3. The van der Waals surface area contributed by atoms with E-state index in [1.807, 2.05) is 32.3 Å². The van der Waals surface area contributed by atoms with Crippen LogP contribution in [-0.2, 0) is 0 Å². The summed E-state index contributed by atoms with van der Waals surface area (Å²) in [6, 6.07) is 0. The molecular weight excluding hydrogens is 160 g/mol. The van der Waals surface area contributed by atoms with E-state index in [4.69, 9.17) is 0 Å². The summed E-state index contributed by atoms with van der Waals surface area (Å²) in [6.07, 6.45) is 10.0. The van der Waals surface area contributed by atoms with Crippen LogP contribution in [-0.4, -0.2) is 0 Å². The van der Waals surface area contributed by atoms with Crippen molar-refractivity contribution in [2.75, 3.05) is 0 Å². The summed E-state index contributed by atoms with van der Waals surface area (Å²) < 4.78 is 0. The third-order valence-electron chi connectivity index (χ3n) is 1.97. The average molecular weight is 176 g/mol. The van der Waals surface area contributed by atoms with Crippen LogP contribution >= 0.6 is 0 Å². The van der Waals surface area contributed by atoms with Gasteiger partial charge >= 0.3 is 0 Å². The fraction of sp³-hybridized carbons (Fsp3) is 0.273. The SMILES string of the molecule is CC=C(C)C=C1NC=CNC1=CC. The summed E-state index contributed by atoms with van der Waals surface area (Å²) >= 11 is 0. The minimum Gasteiger partial charge on any atom is -0.359 e. The Morgan fingerprint density at radius 3 is 2.31 bits per heavy atom. The zero-order valence-electron chi connectivity index (χ0n) is 8.39. The predicted octanol–water partition coefficient (Wildman–Crippen LogP) is 2.40. The maximum absolute atomic E-state index is 3.19. The van der Waals surface area contributed by atoms with Crippen molar-refractivity contribution in [1.82, 2.24) is 10.6 Å². The lowest BCUT2D eigenvalue weighted by Gasteiger charge is -2.16. The lowest BCUT2D eigenvalue weighted by atomic mass is 10.2. The van der Waals surface area contributed by atoms with E-state index in [1.165, 1.54) is 5.57 Å². The van der Waals surface area contributed by atoms with Crippen molar-refractivity contribution in [3.8, 4) is 0 Å². The van der Waals surface area contributed by atoms with E-state index in [0.717, 1.165) is 11.4 Å². The third kappa shape index (κ3) is 2.51. The maximum atomic E-state index is 3.19. The van der Waals surface area contributed by atoms with Gasteiger partial charge < -0.3 is 10.6 Å². The number of allylic oxidation sites excluding steroid dienone is 4. The highest BCUT2D eigenvalue weighted by atomic mass is 15.0. The second-order valence-corrected chi connectivity index (χ2v) is 2.92. The maximum Gasteiger partial charge on any atom is 0.0618 e. The molecule has 1 aliphatic heterocycles. The molecule has 2 nitrogen and oxygen atoms in total. The molecule has 0 radical (unpaired) electrons. The summed E-state index contributed by atoms with van der Waals surface area (Å²) in [5.41, 5.74) is 3.48. The molecule has 0 aromatic rings. The number of nitrogens with one attached hydrogen (secondary N) is 2. The molecule has 0 atom stereocenters. The summed E-state index contributed by atoms with van der Waals surface area (Å²) in [5, 5.41) is 6.37. The van der Waals surface area contributed by atoms with Crippen LogP contribution in [0.2, 0.25) is 0 Å². The molecule has 1 heterocycles. The molecule has 2 heteroatoms. The molecular formula is C11H16N2. The smallest absolute Gasteiger partial charge is 0.0618 e. The van der Waals surface area contributed by atoms with Crippen LogP contribution in [0.1, 0.15) is 20.8 Å². The van der Waals surface area contributed by atoms with Crippen molar-refractivity contribution >= 4 is 0 Å². The van der Waals surface area contributed by atoms with E-state index in [1.54, 1.807) is 0 Å². The van der Waals surface area contributed by atoms with Crippen LogP contribution in [0.5, 0.6) is 0 Å². The average Bonchev–Trinajstić information content (AvgIpc) is 2.18. The summed E-state index contributed by atoms with van der Waals surface area (Å²) in [6.45, 7) is 6.14. The lowest BCUT2D eigenvalue weighted by molar-refractivity contribution is 0.909. The second kappa shape index (κ2) is 4.55. The van der Waals surface area contributed by atoms with Crippen LogP contribution in [0.25, 0.3) is 0 Å². The first kappa shape index (κ1) is 9.65. The minimum absolute atomic E-state index is 1.11. The van der Waals surface area contributed by atoms with Gasteiger partial charge in [0.25, 0.3) is 0 Å². The van der Waals surface area contributed by atoms with Gasteiger partial charge in [0.15, 0.2) is 0 Å². The van der Waals surface area contributed by atoms with Gasteiger partial charge in [-0.25, -0.2) is 0 Å². The highest BCUT2D eigenvalue weighted by Gasteiger charge is 2.03. The van der Waals surface area contributed by atoms with Crippen LogP contribution in [0.15, 0.2) is 47.6 Å². The van der Waals surface area contributed by atoms with Gasteiger partial charge in [-0.1, -0.05) is 17.7 Å². The van der Waals surface area contributed by atoms with E-state index in [2.05, 4.69) is 29.7 Å². The Bertz CT molecular complexity index is 293. The molecule has 0 unspecified atom stereocenters. The van der Waals surface area contributed by atoms with Crippen LogP contribution in [0, 0.1) is 0 Å². The quantitative estimate of drug-likeness (QED) is 0.641. The first-order valence-electron chi connectivity index (χ1n) is 4.47. The molecule has 0 bridgehead atoms. The van der Waals surface area contributed by atoms with Gasteiger partial charge in [0.2, 0.25) is 0 Å². The van der Waals surface area contributed by atoms with E-state index in [-0.39, 0.29) is 0 Å². The Balaban J connectivity index is 2.90. The number of rotatable bonds is 1. The number of hydrogen-bond acceptors (Lipinski definition) is 2. The molecule has 0 aromatic heterocycles. The molecule has 1 rings (SSSR count). The molecule has 0 saturated carbocycles. The van der Waals surface area contributed by atoms with Gasteiger partial charge in [-0.15, -0.1) is 0 Å². The molecule has 0 spiro atoms. The summed E-state index contributed by atoms with van der Waals surface area (Å²) in [4.78, 5) is 0. The van der Waals surface area contributed by atoms with Crippen LogP contribution in [0.4, 0.5) is 0 Å². The predicted molar refractivity (Wildman–Crippen MR) is 56.7 cm³/mol. The fourth-order valence-corrected chi connectivity index (χ4v) is 1.09. The minimum atomic E-state index is 1.11. The van der Waals surface area contributed by atoms with Crippen LogP contribution in [0.3, 0.4) is 0 Å². The Hall–Kier alpha value is -1.44. The topological polar surface area (TPSA) is 24.1 Å². The Labute approximate surface area is 79.7 Å². The summed E-state index contributed by atoms with van der Waals surface area (Å²) in [5.74, 6) is 0. The van der Waals surface area contributed by atoms with Gasteiger partial charge in [0, 0.05) is 12.4 Å². The highest BCUT2D eigenvalue weighted by molar-refractivity contribution is 5.37. The largest absolute Gasteiger partial charge is 0.359 e. The number of hydrogen-bond donors (Lipinski definition) is 2. The van der Waals surface area contributed by atoms with Crippen molar-refractivity contribution in [1.29, 1.82) is 0 Å². The Morgan fingerprint density at radius 2 is 1.77 bits per heavy atom. The summed E-state index contributed by atoms with van der Waals surface area (Å²) in [7, 11) is 0. The van der Waals surface area contributed by atoms with Crippen molar-refractivity contribution in [2.45, 2.75) is 20.8 Å². The van der Waals surface area contributed by atoms with Crippen molar-refractivity contribution in [3.05, 3.63) is 47.6 Å². The van der Waals surface area contributed by atoms with E-state index >= 15 is 0 Å². The van der Waals surface area contributed by atoms with E-state index < -0.39 is 0 Å². The van der Waals surface area contributed by atoms with Gasteiger partial charge in [-0.2, -0.15) is 0 Å². The first-order chi connectivity index (χ1) is 6.27. The van der Waals surface area contributed by atoms with E-state index in [0.29, 0.717) is 0 Å². The molecule has 2 N–H and O–H groups in total. The van der Waals surface area contributed by atoms with Crippen molar-refractivity contribution < 1.29 is 0 Å². The monoisotopic (exact) mass is 176 g/mol. The van der Waals surface area contributed by atoms with Gasteiger partial charge in [-0.3, -0.25) is 0 Å². The molecule has 0 aliphatic carbocycles. The molecule has 0 saturated heterocycles. The van der Waals surface area contributed by atoms with Crippen molar-refractivity contribution in [3.63, 3.8) is 0 Å².